The largest absolute Gasteiger partial charge is 0.506 e. The molecule has 0 bridgehead atoms. The third kappa shape index (κ3) is 3.15. The molecule has 1 aromatic rings. The van der Waals surface area contributed by atoms with E-state index >= 15 is 0 Å². The molecule has 0 aromatic heterocycles. The zero-order valence-electron chi connectivity index (χ0n) is 6.40. The Bertz CT molecular complexity index is 354. The van der Waals surface area contributed by atoms with Crippen molar-refractivity contribution in [3.05, 3.63) is 22.2 Å². The second-order valence-corrected chi connectivity index (χ2v) is 4.21. The van der Waals surface area contributed by atoms with Crippen molar-refractivity contribution in [1.29, 1.82) is 0 Å². The summed E-state index contributed by atoms with van der Waals surface area (Å²) in [5.74, 6) is -0.467. The maximum atomic E-state index is 12.0. The Morgan fingerprint density at radius 1 is 1.21 bits per heavy atom. The standard InChI is InChI=1S/C7H3Cl2F3OS/c8-3-1-4(13)6(9)5(2-3)14-7(10,11)12/h1-2,13H. The third-order valence-corrected chi connectivity index (χ3v) is 2.71. The number of alkyl halides is 3. The van der Waals surface area contributed by atoms with E-state index in [0.717, 1.165) is 12.1 Å². The highest BCUT2D eigenvalue weighted by Gasteiger charge is 2.31. The van der Waals surface area contributed by atoms with Crippen molar-refractivity contribution in [3.63, 3.8) is 0 Å². The first-order valence-corrected chi connectivity index (χ1v) is 4.80. The number of hydrogen-bond acceptors (Lipinski definition) is 2. The van der Waals surface area contributed by atoms with Crippen LogP contribution in [0.15, 0.2) is 17.0 Å². The van der Waals surface area contributed by atoms with Gasteiger partial charge in [0.1, 0.15) is 5.75 Å². The second-order valence-electron chi connectivity index (χ2n) is 2.28. The molecule has 1 aromatic carbocycles. The first-order valence-electron chi connectivity index (χ1n) is 3.23. The van der Waals surface area contributed by atoms with E-state index in [0.29, 0.717) is 0 Å². The lowest BCUT2D eigenvalue weighted by Crippen LogP contribution is -1.99. The van der Waals surface area contributed by atoms with Gasteiger partial charge in [-0.2, -0.15) is 13.2 Å². The fraction of sp³-hybridized carbons (Fsp3) is 0.143. The zero-order valence-corrected chi connectivity index (χ0v) is 8.73. The normalized spacial score (nSPS) is 11.8. The number of hydrogen-bond donors (Lipinski definition) is 1. The fourth-order valence-electron chi connectivity index (χ4n) is 0.749. The third-order valence-electron chi connectivity index (χ3n) is 1.21. The molecule has 0 amide bonds. The summed E-state index contributed by atoms with van der Waals surface area (Å²) in [6, 6.07) is 2.12. The summed E-state index contributed by atoms with van der Waals surface area (Å²) in [7, 11) is 0. The molecule has 0 saturated carbocycles. The van der Waals surface area contributed by atoms with Crippen molar-refractivity contribution in [1.82, 2.24) is 0 Å². The lowest BCUT2D eigenvalue weighted by Gasteiger charge is -2.08. The monoisotopic (exact) mass is 262 g/mol. The highest BCUT2D eigenvalue weighted by atomic mass is 35.5. The summed E-state index contributed by atoms with van der Waals surface area (Å²) in [6.07, 6.45) is 0. The topological polar surface area (TPSA) is 20.2 Å². The number of rotatable bonds is 1. The average molecular weight is 263 g/mol. The predicted molar refractivity (Wildman–Crippen MR) is 50.0 cm³/mol. The minimum Gasteiger partial charge on any atom is -0.506 e. The highest BCUT2D eigenvalue weighted by molar-refractivity contribution is 8.00. The Morgan fingerprint density at radius 2 is 1.79 bits per heavy atom. The molecule has 1 N–H and O–H groups in total. The molecule has 0 saturated heterocycles. The summed E-state index contributed by atoms with van der Waals surface area (Å²) >= 11 is 10.5. The molecule has 0 heterocycles. The van der Waals surface area contributed by atoms with Crippen molar-refractivity contribution < 1.29 is 18.3 Å². The van der Waals surface area contributed by atoms with E-state index in [1.165, 1.54) is 0 Å². The van der Waals surface area contributed by atoms with Gasteiger partial charge in [-0.25, -0.2) is 0 Å². The van der Waals surface area contributed by atoms with Crippen LogP contribution >= 0.6 is 35.0 Å². The van der Waals surface area contributed by atoms with Gasteiger partial charge in [-0.3, -0.25) is 0 Å². The molecule has 0 fully saturated rings. The van der Waals surface area contributed by atoms with Crippen LogP contribution in [0, 0.1) is 0 Å². The molecule has 7 heteroatoms. The van der Waals surface area contributed by atoms with Gasteiger partial charge in [-0.05, 0) is 17.8 Å². The van der Waals surface area contributed by atoms with E-state index in [4.69, 9.17) is 28.3 Å². The maximum absolute atomic E-state index is 12.0. The van der Waals surface area contributed by atoms with Crippen LogP contribution in [0.2, 0.25) is 10.0 Å². The quantitative estimate of drug-likeness (QED) is 0.762. The molecule has 1 rings (SSSR count). The van der Waals surface area contributed by atoms with Gasteiger partial charge in [0.2, 0.25) is 0 Å². The molecule has 0 aliphatic rings. The van der Waals surface area contributed by atoms with E-state index in [9.17, 15) is 13.2 Å². The predicted octanol–water partition coefficient (Wildman–Crippen LogP) is 4.31. The van der Waals surface area contributed by atoms with E-state index in [1.54, 1.807) is 0 Å². The Hall–Kier alpha value is -0.260. The first-order chi connectivity index (χ1) is 6.29. The van der Waals surface area contributed by atoms with E-state index < -0.39 is 23.0 Å². The fourth-order valence-corrected chi connectivity index (χ4v) is 1.88. The van der Waals surface area contributed by atoms with E-state index in [-0.39, 0.29) is 14.9 Å². The van der Waals surface area contributed by atoms with Crippen LogP contribution in [-0.2, 0) is 0 Å². The molecule has 0 unspecified atom stereocenters. The molecular formula is C7H3Cl2F3OS. The van der Waals surface area contributed by atoms with Gasteiger partial charge in [0.25, 0.3) is 0 Å². The Balaban J connectivity index is 3.09. The molecular weight excluding hydrogens is 260 g/mol. The lowest BCUT2D eigenvalue weighted by atomic mass is 10.3. The highest BCUT2D eigenvalue weighted by Crippen LogP contribution is 2.44. The number of benzene rings is 1. The van der Waals surface area contributed by atoms with Gasteiger partial charge in [0, 0.05) is 16.0 Å². The molecule has 1 nitrogen and oxygen atoms in total. The molecule has 0 radical (unpaired) electrons. The Morgan fingerprint density at radius 3 is 2.29 bits per heavy atom. The first kappa shape index (κ1) is 11.8. The van der Waals surface area contributed by atoms with Crippen molar-refractivity contribution in [3.8, 4) is 5.75 Å². The maximum Gasteiger partial charge on any atom is 0.446 e. The van der Waals surface area contributed by atoms with Crippen LogP contribution in [0.1, 0.15) is 0 Å². The number of aromatic hydroxyl groups is 1. The smallest absolute Gasteiger partial charge is 0.446 e. The molecule has 0 spiro atoms. The molecule has 0 aliphatic heterocycles. The molecule has 0 atom stereocenters. The summed E-state index contributed by atoms with van der Waals surface area (Å²) in [6.45, 7) is 0. The van der Waals surface area contributed by atoms with Crippen LogP contribution in [0.4, 0.5) is 13.2 Å². The summed E-state index contributed by atoms with van der Waals surface area (Å²) in [4.78, 5) is -0.316. The van der Waals surface area contributed by atoms with Gasteiger partial charge >= 0.3 is 5.51 Å². The van der Waals surface area contributed by atoms with Gasteiger partial charge in [0.15, 0.2) is 0 Å². The minimum absolute atomic E-state index is 0.00125. The van der Waals surface area contributed by atoms with E-state index in [2.05, 4.69) is 0 Å². The van der Waals surface area contributed by atoms with Crippen LogP contribution in [0.25, 0.3) is 0 Å². The lowest BCUT2D eigenvalue weighted by molar-refractivity contribution is -0.0328. The summed E-state index contributed by atoms with van der Waals surface area (Å²) in [5, 5.41) is 8.73. The van der Waals surface area contributed by atoms with Gasteiger partial charge in [-0.1, -0.05) is 23.2 Å². The zero-order chi connectivity index (χ0) is 10.9. The molecule has 78 valence electrons. The van der Waals surface area contributed by atoms with Gasteiger partial charge in [0.05, 0.1) is 5.02 Å². The summed E-state index contributed by atoms with van der Waals surface area (Å²) in [5.41, 5.74) is -4.46. The summed E-state index contributed by atoms with van der Waals surface area (Å²) < 4.78 is 35.9. The number of halogens is 5. The molecule has 14 heavy (non-hydrogen) atoms. The number of thioether (sulfide) groups is 1. The SMILES string of the molecule is Oc1cc(Cl)cc(SC(F)(F)F)c1Cl. The van der Waals surface area contributed by atoms with Crippen LogP contribution in [0.5, 0.6) is 5.75 Å². The number of phenols is 1. The van der Waals surface area contributed by atoms with Gasteiger partial charge in [-0.15, -0.1) is 0 Å². The van der Waals surface area contributed by atoms with Crippen molar-refractivity contribution in [2.24, 2.45) is 0 Å². The molecule has 0 aliphatic carbocycles. The van der Waals surface area contributed by atoms with Crippen molar-refractivity contribution in [2.45, 2.75) is 10.4 Å². The Labute approximate surface area is 91.8 Å². The van der Waals surface area contributed by atoms with Crippen LogP contribution < -0.4 is 0 Å². The van der Waals surface area contributed by atoms with Gasteiger partial charge < -0.3 is 5.11 Å². The average Bonchev–Trinajstić information content (AvgIpc) is 1.96. The Kier molecular flexibility index (Phi) is 3.44. The van der Waals surface area contributed by atoms with Crippen LogP contribution in [0.3, 0.4) is 0 Å². The second kappa shape index (κ2) is 4.08. The van der Waals surface area contributed by atoms with E-state index in [1.807, 2.05) is 0 Å². The number of phenolic OH excluding ortho intramolecular Hbond substituents is 1. The minimum atomic E-state index is -4.46. The van der Waals surface area contributed by atoms with Crippen molar-refractivity contribution in [2.75, 3.05) is 0 Å². The van der Waals surface area contributed by atoms with Crippen molar-refractivity contribution >= 4 is 35.0 Å². The van der Waals surface area contributed by atoms with Crippen LogP contribution in [-0.4, -0.2) is 10.6 Å².